The maximum atomic E-state index is 5.22. The number of rotatable bonds is 4. The SMILES string of the molecule is Cc1cc(Cc2ccc(Cn3ccnc3)cc2)on1. The van der Waals surface area contributed by atoms with Gasteiger partial charge < -0.3 is 9.09 Å². The number of benzene rings is 1. The van der Waals surface area contributed by atoms with Gasteiger partial charge in [-0.15, -0.1) is 0 Å². The Bertz CT molecular complexity index is 638. The highest BCUT2D eigenvalue weighted by Crippen LogP contribution is 2.12. The first kappa shape index (κ1) is 11.7. The Morgan fingerprint density at radius 3 is 2.58 bits per heavy atom. The van der Waals surface area contributed by atoms with E-state index in [1.165, 1.54) is 11.1 Å². The summed E-state index contributed by atoms with van der Waals surface area (Å²) in [7, 11) is 0. The molecule has 0 fully saturated rings. The summed E-state index contributed by atoms with van der Waals surface area (Å²) in [6, 6.07) is 10.5. The summed E-state index contributed by atoms with van der Waals surface area (Å²) >= 11 is 0. The molecule has 3 aromatic rings. The van der Waals surface area contributed by atoms with Gasteiger partial charge in [0.15, 0.2) is 0 Å². The van der Waals surface area contributed by atoms with E-state index in [1.54, 1.807) is 6.20 Å². The molecule has 19 heavy (non-hydrogen) atoms. The zero-order valence-corrected chi connectivity index (χ0v) is 10.8. The van der Waals surface area contributed by atoms with Crippen LogP contribution in [0.4, 0.5) is 0 Å². The average molecular weight is 253 g/mol. The topological polar surface area (TPSA) is 43.9 Å². The van der Waals surface area contributed by atoms with Crippen molar-refractivity contribution < 1.29 is 4.52 Å². The number of nitrogens with zero attached hydrogens (tertiary/aromatic N) is 3. The molecule has 1 aromatic carbocycles. The third kappa shape index (κ3) is 2.91. The second-order valence-electron chi connectivity index (χ2n) is 4.66. The van der Waals surface area contributed by atoms with Gasteiger partial charge in [0.25, 0.3) is 0 Å². The molecule has 0 unspecified atom stereocenters. The molecule has 96 valence electrons. The van der Waals surface area contributed by atoms with E-state index in [2.05, 4.69) is 39.0 Å². The van der Waals surface area contributed by atoms with Crippen LogP contribution in [0, 0.1) is 6.92 Å². The van der Waals surface area contributed by atoms with Crippen molar-refractivity contribution in [3.63, 3.8) is 0 Å². The summed E-state index contributed by atoms with van der Waals surface area (Å²) in [5.41, 5.74) is 3.41. The van der Waals surface area contributed by atoms with Crippen LogP contribution in [0.15, 0.2) is 53.6 Å². The largest absolute Gasteiger partial charge is 0.361 e. The predicted octanol–water partition coefficient (Wildman–Crippen LogP) is 2.82. The molecule has 2 aromatic heterocycles. The third-order valence-corrected chi connectivity index (χ3v) is 3.00. The quantitative estimate of drug-likeness (QED) is 0.718. The summed E-state index contributed by atoms with van der Waals surface area (Å²) in [4.78, 5) is 4.04. The van der Waals surface area contributed by atoms with Gasteiger partial charge >= 0.3 is 0 Å². The zero-order chi connectivity index (χ0) is 13.1. The molecule has 4 heteroatoms. The van der Waals surface area contributed by atoms with Gasteiger partial charge in [-0.25, -0.2) is 4.98 Å². The molecule has 0 atom stereocenters. The minimum Gasteiger partial charge on any atom is -0.361 e. The van der Waals surface area contributed by atoms with Crippen LogP contribution in [-0.2, 0) is 13.0 Å². The molecule has 0 bridgehead atoms. The summed E-state index contributed by atoms with van der Waals surface area (Å²) in [6.45, 7) is 2.78. The summed E-state index contributed by atoms with van der Waals surface area (Å²) in [6.07, 6.45) is 6.36. The summed E-state index contributed by atoms with van der Waals surface area (Å²) in [5.74, 6) is 0.903. The highest BCUT2D eigenvalue weighted by Gasteiger charge is 2.02. The van der Waals surface area contributed by atoms with Gasteiger partial charge in [0.2, 0.25) is 0 Å². The molecule has 4 nitrogen and oxygen atoms in total. The molecule has 2 heterocycles. The molecule has 0 saturated heterocycles. The number of hydrogen-bond acceptors (Lipinski definition) is 3. The van der Waals surface area contributed by atoms with Crippen LogP contribution in [-0.4, -0.2) is 14.7 Å². The van der Waals surface area contributed by atoms with Gasteiger partial charge in [-0.2, -0.15) is 0 Å². The molecule has 3 rings (SSSR count). The van der Waals surface area contributed by atoms with Crippen LogP contribution in [0.3, 0.4) is 0 Å². The Labute approximate surface area is 111 Å². The third-order valence-electron chi connectivity index (χ3n) is 3.00. The van der Waals surface area contributed by atoms with E-state index in [0.717, 1.165) is 24.4 Å². The number of hydrogen-bond donors (Lipinski definition) is 0. The minimum atomic E-state index is 0.784. The Balaban J connectivity index is 1.68. The van der Waals surface area contributed by atoms with E-state index >= 15 is 0 Å². The van der Waals surface area contributed by atoms with E-state index in [-0.39, 0.29) is 0 Å². The molecule has 0 aliphatic carbocycles. The monoisotopic (exact) mass is 253 g/mol. The van der Waals surface area contributed by atoms with E-state index in [0.29, 0.717) is 0 Å². The van der Waals surface area contributed by atoms with Crippen molar-refractivity contribution in [3.05, 3.63) is 71.6 Å². The molecule has 0 radical (unpaired) electrons. The normalized spacial score (nSPS) is 10.8. The van der Waals surface area contributed by atoms with Crippen LogP contribution in [0.2, 0.25) is 0 Å². The molecule has 0 aliphatic heterocycles. The van der Waals surface area contributed by atoms with Gasteiger partial charge in [-0.1, -0.05) is 29.4 Å². The second kappa shape index (κ2) is 5.10. The van der Waals surface area contributed by atoms with E-state index < -0.39 is 0 Å². The highest BCUT2D eigenvalue weighted by molar-refractivity contribution is 5.26. The molecular weight excluding hydrogens is 238 g/mol. The maximum absolute atomic E-state index is 5.22. The highest BCUT2D eigenvalue weighted by atomic mass is 16.5. The van der Waals surface area contributed by atoms with Crippen LogP contribution in [0.5, 0.6) is 0 Å². The van der Waals surface area contributed by atoms with E-state index in [1.807, 2.05) is 25.5 Å². The molecule has 0 aliphatic rings. The van der Waals surface area contributed by atoms with Crippen molar-refractivity contribution in [1.82, 2.24) is 14.7 Å². The van der Waals surface area contributed by atoms with Crippen molar-refractivity contribution >= 4 is 0 Å². The smallest absolute Gasteiger partial charge is 0.141 e. The van der Waals surface area contributed by atoms with Crippen LogP contribution >= 0.6 is 0 Å². The lowest BCUT2D eigenvalue weighted by atomic mass is 10.1. The van der Waals surface area contributed by atoms with E-state index in [4.69, 9.17) is 4.52 Å². The zero-order valence-electron chi connectivity index (χ0n) is 10.8. The standard InChI is InChI=1S/C15H15N3O/c1-12-8-15(19-17-12)9-13-2-4-14(5-3-13)10-18-7-6-16-11-18/h2-8,11H,9-10H2,1H3. The van der Waals surface area contributed by atoms with Gasteiger partial charge in [-0.3, -0.25) is 0 Å². The van der Waals surface area contributed by atoms with Crippen molar-refractivity contribution in [2.75, 3.05) is 0 Å². The first-order valence-electron chi connectivity index (χ1n) is 6.25. The van der Waals surface area contributed by atoms with Crippen LogP contribution in [0.25, 0.3) is 0 Å². The fourth-order valence-corrected chi connectivity index (χ4v) is 2.05. The number of imidazole rings is 1. The Morgan fingerprint density at radius 1 is 1.16 bits per heavy atom. The first-order chi connectivity index (χ1) is 9.29. The Morgan fingerprint density at radius 2 is 1.95 bits per heavy atom. The van der Waals surface area contributed by atoms with Gasteiger partial charge in [0.1, 0.15) is 5.76 Å². The molecular formula is C15H15N3O. The average Bonchev–Trinajstić information content (AvgIpc) is 3.04. The lowest BCUT2D eigenvalue weighted by Crippen LogP contribution is -1.96. The van der Waals surface area contributed by atoms with Crippen molar-refractivity contribution in [3.8, 4) is 0 Å². The minimum absolute atomic E-state index is 0.784. The van der Waals surface area contributed by atoms with Crippen LogP contribution in [0.1, 0.15) is 22.6 Å². The summed E-state index contributed by atoms with van der Waals surface area (Å²) < 4.78 is 7.27. The number of aromatic nitrogens is 3. The summed E-state index contributed by atoms with van der Waals surface area (Å²) in [5, 5.41) is 3.89. The van der Waals surface area contributed by atoms with Crippen molar-refractivity contribution in [2.24, 2.45) is 0 Å². The first-order valence-corrected chi connectivity index (χ1v) is 6.25. The molecule has 0 saturated carbocycles. The van der Waals surface area contributed by atoms with E-state index in [9.17, 15) is 0 Å². The number of aryl methyl sites for hydroxylation is 1. The molecule has 0 N–H and O–H groups in total. The fourth-order valence-electron chi connectivity index (χ4n) is 2.05. The molecule has 0 spiro atoms. The van der Waals surface area contributed by atoms with Gasteiger partial charge in [0.05, 0.1) is 12.0 Å². The Hall–Kier alpha value is -2.36. The van der Waals surface area contributed by atoms with Crippen molar-refractivity contribution in [1.29, 1.82) is 0 Å². The van der Waals surface area contributed by atoms with Gasteiger partial charge in [-0.05, 0) is 18.1 Å². The Kier molecular flexibility index (Phi) is 3.14. The lowest BCUT2D eigenvalue weighted by molar-refractivity contribution is 0.385. The fraction of sp³-hybridized carbons (Fsp3) is 0.200. The lowest BCUT2D eigenvalue weighted by Gasteiger charge is -2.04. The maximum Gasteiger partial charge on any atom is 0.141 e. The van der Waals surface area contributed by atoms with Crippen molar-refractivity contribution in [2.45, 2.75) is 19.9 Å². The van der Waals surface area contributed by atoms with Crippen LogP contribution < -0.4 is 0 Å². The van der Waals surface area contributed by atoms with Gasteiger partial charge in [0, 0.05) is 31.4 Å². The second-order valence-corrected chi connectivity index (χ2v) is 4.66. The predicted molar refractivity (Wildman–Crippen MR) is 71.8 cm³/mol. The molecule has 0 amide bonds.